The molecule has 2 aliphatic rings. The first-order chi connectivity index (χ1) is 20.4. The first-order valence-electron chi connectivity index (χ1n) is 14.8. The van der Waals surface area contributed by atoms with Crippen LogP contribution in [0.3, 0.4) is 0 Å². The van der Waals surface area contributed by atoms with Gasteiger partial charge in [-0.3, -0.25) is 14.5 Å². The van der Waals surface area contributed by atoms with Crippen molar-refractivity contribution in [1.29, 1.82) is 0 Å². The number of halogens is 1. The summed E-state index contributed by atoms with van der Waals surface area (Å²) in [4.78, 5) is 28.7. The van der Waals surface area contributed by atoms with E-state index in [0.29, 0.717) is 40.6 Å². The zero-order valence-electron chi connectivity index (χ0n) is 24.4. The Bertz CT molecular complexity index is 1480. The number of aryl methyl sites for hydroxylation is 1. The van der Waals surface area contributed by atoms with Gasteiger partial charge in [-0.05, 0) is 55.7 Å². The van der Waals surface area contributed by atoms with Gasteiger partial charge in [-0.15, -0.1) is 0 Å². The van der Waals surface area contributed by atoms with Crippen LogP contribution >= 0.6 is 11.6 Å². The maximum Gasteiger partial charge on any atom is 0.253 e. The van der Waals surface area contributed by atoms with Crippen molar-refractivity contribution in [3.8, 4) is 5.75 Å². The summed E-state index contributed by atoms with van der Waals surface area (Å²) in [6.45, 7) is 9.68. The van der Waals surface area contributed by atoms with Gasteiger partial charge < -0.3 is 14.6 Å². The first-order valence-corrected chi connectivity index (χ1v) is 15.2. The van der Waals surface area contributed by atoms with E-state index >= 15 is 0 Å². The maximum absolute atomic E-state index is 13.2. The van der Waals surface area contributed by atoms with Gasteiger partial charge >= 0.3 is 0 Å². The van der Waals surface area contributed by atoms with Crippen molar-refractivity contribution in [2.24, 2.45) is 5.92 Å². The molecule has 7 heteroatoms. The van der Waals surface area contributed by atoms with Gasteiger partial charge in [0.05, 0.1) is 18.2 Å². The highest BCUT2D eigenvalue weighted by atomic mass is 35.5. The molecule has 2 bridgehead atoms. The van der Waals surface area contributed by atoms with Crippen LogP contribution in [0, 0.1) is 5.92 Å². The van der Waals surface area contributed by atoms with Crippen LogP contribution in [0.15, 0.2) is 90.6 Å². The molecule has 2 saturated heterocycles. The highest BCUT2D eigenvalue weighted by molar-refractivity contribution is 6.31. The molecule has 2 atom stereocenters. The molecule has 6 nitrogen and oxygen atoms in total. The average Bonchev–Trinajstić information content (AvgIpc) is 3.49. The molecular formula is C35H40ClN3O3. The van der Waals surface area contributed by atoms with Crippen molar-refractivity contribution in [1.82, 2.24) is 14.8 Å². The molecule has 3 heterocycles. The highest BCUT2D eigenvalue weighted by Crippen LogP contribution is 2.40. The Morgan fingerprint density at radius 2 is 1.81 bits per heavy atom. The summed E-state index contributed by atoms with van der Waals surface area (Å²) in [6, 6.07) is 16.6. The third kappa shape index (κ3) is 6.71. The number of piperidine rings is 1. The lowest BCUT2D eigenvalue weighted by Crippen LogP contribution is -2.43. The Labute approximate surface area is 253 Å². The normalized spacial score (nSPS) is 20.4. The van der Waals surface area contributed by atoms with Gasteiger partial charge in [0.15, 0.2) is 5.78 Å². The molecule has 3 aromatic rings. The molecule has 42 heavy (non-hydrogen) atoms. The van der Waals surface area contributed by atoms with E-state index in [1.54, 1.807) is 13.2 Å². The van der Waals surface area contributed by atoms with Gasteiger partial charge in [0.25, 0.3) is 5.91 Å². The number of methoxy groups -OCH3 is 1. The number of carbonyl (C=O) groups excluding carboxylic acids is 2. The summed E-state index contributed by atoms with van der Waals surface area (Å²) in [7, 11) is 1.66. The molecule has 2 fully saturated rings. The largest absolute Gasteiger partial charge is 0.495 e. The Balaban J connectivity index is 1.22. The van der Waals surface area contributed by atoms with Crippen molar-refractivity contribution < 1.29 is 14.3 Å². The smallest absolute Gasteiger partial charge is 0.253 e. The number of amides is 1. The number of ether oxygens (including phenoxy) is 1. The van der Waals surface area contributed by atoms with Crippen molar-refractivity contribution in [3.05, 3.63) is 102 Å². The van der Waals surface area contributed by atoms with Gasteiger partial charge in [-0.25, -0.2) is 0 Å². The lowest BCUT2D eigenvalue weighted by Gasteiger charge is -2.39. The van der Waals surface area contributed by atoms with E-state index in [4.69, 9.17) is 16.3 Å². The average molecular weight is 586 g/mol. The fourth-order valence-corrected chi connectivity index (χ4v) is 6.94. The highest BCUT2D eigenvalue weighted by Gasteiger charge is 2.40. The summed E-state index contributed by atoms with van der Waals surface area (Å²) >= 11 is 6.02. The quantitative estimate of drug-likeness (QED) is 0.171. The van der Waals surface area contributed by atoms with Crippen LogP contribution in [0.5, 0.6) is 5.75 Å². The lowest BCUT2D eigenvalue weighted by atomic mass is 9.85. The van der Waals surface area contributed by atoms with E-state index < -0.39 is 0 Å². The summed E-state index contributed by atoms with van der Waals surface area (Å²) in [5.74, 6) is 1.31. The fraction of sp³-hybridized carbons (Fsp3) is 0.371. The van der Waals surface area contributed by atoms with Crippen molar-refractivity contribution in [2.75, 3.05) is 20.2 Å². The topological polar surface area (TPSA) is 63.6 Å². The number of rotatable bonds is 13. The van der Waals surface area contributed by atoms with Crippen LogP contribution in [-0.4, -0.2) is 53.4 Å². The minimum absolute atomic E-state index is 0.165. The molecule has 220 valence electrons. The SMILES string of the molecule is C=C/C(Cl)=C\C(=C)CNC(=O)c1cn(CCCN2C3CCC2CC(CC(=O)c2ccccc2)C3)c2c(OC)cccc12. The van der Waals surface area contributed by atoms with Crippen LogP contribution in [0.4, 0.5) is 0 Å². The summed E-state index contributed by atoms with van der Waals surface area (Å²) in [5.41, 5.74) is 3.06. The van der Waals surface area contributed by atoms with Gasteiger partial charge in [-0.1, -0.05) is 73.3 Å². The number of hydrogen-bond acceptors (Lipinski definition) is 4. The number of Topliss-reactive ketones (excluding diaryl/α,β-unsaturated/α-hetero) is 1. The molecular weight excluding hydrogens is 546 g/mol. The molecule has 0 radical (unpaired) electrons. The predicted octanol–water partition coefficient (Wildman–Crippen LogP) is 7.15. The standard InChI is InChI=1S/C35H40ClN3O3/c1-4-27(36)18-24(2)22-37-35(41)31-23-38(34-30(31)12-8-13-33(34)42-3)16-9-17-39-28-14-15-29(39)20-25(19-28)21-32(40)26-10-6-5-7-11-26/h4-8,10-13,18,23,25,28-29H,1-2,9,14-17,19-22H2,3H3,(H,37,41)/b27-18+. The van der Waals surface area contributed by atoms with Gasteiger partial charge in [0, 0.05) is 60.3 Å². The zero-order chi connectivity index (χ0) is 29.6. The van der Waals surface area contributed by atoms with E-state index in [2.05, 4.69) is 27.9 Å². The minimum atomic E-state index is -0.165. The third-order valence-corrected chi connectivity index (χ3v) is 8.97. The second-order valence-electron chi connectivity index (χ2n) is 11.5. The van der Waals surface area contributed by atoms with Gasteiger partial charge in [0.1, 0.15) is 5.75 Å². The van der Waals surface area contributed by atoms with E-state index in [1.807, 2.05) is 54.7 Å². The number of nitrogens with zero attached hydrogens (tertiary/aromatic N) is 2. The predicted molar refractivity (Wildman–Crippen MR) is 170 cm³/mol. The molecule has 5 rings (SSSR count). The Morgan fingerprint density at radius 1 is 1.07 bits per heavy atom. The third-order valence-electron chi connectivity index (χ3n) is 8.71. The summed E-state index contributed by atoms with van der Waals surface area (Å²) in [5, 5.41) is 4.31. The van der Waals surface area contributed by atoms with E-state index in [1.165, 1.54) is 18.9 Å². The van der Waals surface area contributed by atoms with E-state index in [9.17, 15) is 9.59 Å². The second kappa shape index (κ2) is 13.6. The maximum atomic E-state index is 13.2. The first kappa shape index (κ1) is 29.9. The molecule has 1 N–H and O–H groups in total. The zero-order valence-corrected chi connectivity index (χ0v) is 25.1. The number of benzene rings is 2. The molecule has 2 unspecified atom stereocenters. The molecule has 2 aliphatic heterocycles. The van der Waals surface area contributed by atoms with Crippen molar-refractivity contribution >= 4 is 34.2 Å². The van der Waals surface area contributed by atoms with Crippen LogP contribution in [0.2, 0.25) is 0 Å². The Hall–Kier alpha value is -3.61. The van der Waals surface area contributed by atoms with Crippen molar-refractivity contribution in [3.63, 3.8) is 0 Å². The number of aromatic nitrogens is 1. The van der Waals surface area contributed by atoms with Gasteiger partial charge in [-0.2, -0.15) is 0 Å². The van der Waals surface area contributed by atoms with E-state index in [-0.39, 0.29) is 18.2 Å². The van der Waals surface area contributed by atoms with Crippen molar-refractivity contribution in [2.45, 2.75) is 57.2 Å². The number of carbonyl (C=O) groups is 2. The number of nitrogens with one attached hydrogen (secondary N) is 1. The van der Waals surface area contributed by atoms with Crippen LogP contribution in [-0.2, 0) is 6.54 Å². The molecule has 0 saturated carbocycles. The second-order valence-corrected chi connectivity index (χ2v) is 11.9. The summed E-state index contributed by atoms with van der Waals surface area (Å²) < 4.78 is 7.85. The number of hydrogen-bond donors (Lipinski definition) is 1. The van der Waals surface area contributed by atoms with E-state index in [0.717, 1.165) is 54.6 Å². The number of allylic oxidation sites excluding steroid dienone is 2. The van der Waals surface area contributed by atoms with Crippen LogP contribution < -0.4 is 10.1 Å². The minimum Gasteiger partial charge on any atom is -0.495 e. The molecule has 1 amide bonds. The van der Waals surface area contributed by atoms with Crippen LogP contribution in [0.1, 0.15) is 59.2 Å². The fourth-order valence-electron chi connectivity index (χ4n) is 6.79. The molecule has 1 aromatic heterocycles. The Kier molecular flexibility index (Phi) is 9.65. The summed E-state index contributed by atoms with van der Waals surface area (Å²) in [6.07, 6.45) is 11.4. The monoisotopic (exact) mass is 585 g/mol. The van der Waals surface area contributed by atoms with Crippen LogP contribution in [0.25, 0.3) is 10.9 Å². The molecule has 0 spiro atoms. The number of fused-ring (bicyclic) bond motifs is 3. The molecule has 0 aliphatic carbocycles. The lowest BCUT2D eigenvalue weighted by molar-refractivity contribution is 0.0807. The Morgan fingerprint density at radius 3 is 2.50 bits per heavy atom. The number of ketones is 1. The number of para-hydroxylation sites is 1. The molecule has 2 aromatic carbocycles. The van der Waals surface area contributed by atoms with Gasteiger partial charge in [0.2, 0.25) is 0 Å².